The zero-order chi connectivity index (χ0) is 12.3. The van der Waals surface area contributed by atoms with Gasteiger partial charge < -0.3 is 5.11 Å². The summed E-state index contributed by atoms with van der Waals surface area (Å²) < 4.78 is 0. The van der Waals surface area contributed by atoms with Crippen LogP contribution in [0.4, 0.5) is 0 Å². The van der Waals surface area contributed by atoms with Gasteiger partial charge in [0.15, 0.2) is 0 Å². The highest BCUT2D eigenvalue weighted by Gasteiger charge is 2.30. The van der Waals surface area contributed by atoms with Crippen molar-refractivity contribution in [1.29, 1.82) is 0 Å². The molecule has 1 nitrogen and oxygen atoms in total. The molecule has 1 heteroatoms. The third-order valence-corrected chi connectivity index (χ3v) is 4.28. The average Bonchev–Trinajstić information content (AvgIpc) is 2.38. The first-order chi connectivity index (χ1) is 8.22. The first kappa shape index (κ1) is 12.6. The molecule has 1 aromatic rings. The van der Waals surface area contributed by atoms with E-state index >= 15 is 0 Å². The van der Waals surface area contributed by atoms with Gasteiger partial charge in [0.05, 0.1) is 6.10 Å². The van der Waals surface area contributed by atoms with Gasteiger partial charge in [0, 0.05) is 0 Å². The highest BCUT2D eigenvalue weighted by Crippen LogP contribution is 2.40. The van der Waals surface area contributed by atoms with E-state index in [1.165, 1.54) is 37.7 Å². The van der Waals surface area contributed by atoms with Crippen LogP contribution in [-0.4, -0.2) is 5.11 Å². The number of hydrogen-bond acceptors (Lipinski definition) is 1. The lowest BCUT2D eigenvalue weighted by Gasteiger charge is -2.34. The van der Waals surface area contributed by atoms with Gasteiger partial charge in [0.2, 0.25) is 0 Å². The number of rotatable bonds is 3. The summed E-state index contributed by atoms with van der Waals surface area (Å²) >= 11 is 0. The van der Waals surface area contributed by atoms with Crippen molar-refractivity contribution in [2.24, 2.45) is 11.8 Å². The van der Waals surface area contributed by atoms with Gasteiger partial charge in [0.25, 0.3) is 0 Å². The quantitative estimate of drug-likeness (QED) is 0.826. The molecule has 2 rings (SSSR count). The second kappa shape index (κ2) is 5.68. The van der Waals surface area contributed by atoms with E-state index in [0.29, 0.717) is 11.8 Å². The lowest BCUT2D eigenvalue weighted by molar-refractivity contribution is 0.0451. The Hall–Kier alpha value is -0.820. The number of aliphatic hydroxyl groups is 1. The van der Waals surface area contributed by atoms with E-state index in [-0.39, 0.29) is 6.10 Å². The first-order valence-corrected chi connectivity index (χ1v) is 6.97. The fourth-order valence-corrected chi connectivity index (χ4v) is 3.26. The van der Waals surface area contributed by atoms with Crippen LogP contribution in [0.15, 0.2) is 24.3 Å². The maximum absolute atomic E-state index is 10.6. The van der Waals surface area contributed by atoms with Crippen LogP contribution in [0.1, 0.15) is 56.3 Å². The largest absolute Gasteiger partial charge is 0.388 e. The van der Waals surface area contributed by atoms with Gasteiger partial charge in [-0.1, -0.05) is 62.4 Å². The van der Waals surface area contributed by atoms with Gasteiger partial charge in [-0.15, -0.1) is 0 Å². The zero-order valence-corrected chi connectivity index (χ0v) is 11.0. The number of aryl methyl sites for hydroxylation is 1. The molecule has 1 aliphatic rings. The van der Waals surface area contributed by atoms with E-state index in [9.17, 15) is 5.11 Å². The van der Waals surface area contributed by atoms with Crippen molar-refractivity contribution < 1.29 is 5.11 Å². The molecule has 3 unspecified atom stereocenters. The molecule has 1 saturated carbocycles. The van der Waals surface area contributed by atoms with Crippen LogP contribution in [0, 0.1) is 18.8 Å². The molecule has 94 valence electrons. The third kappa shape index (κ3) is 2.90. The third-order valence-electron chi connectivity index (χ3n) is 4.28. The molecular weight excluding hydrogens is 208 g/mol. The lowest BCUT2D eigenvalue weighted by Crippen LogP contribution is -2.25. The lowest BCUT2D eigenvalue weighted by atomic mass is 9.73. The van der Waals surface area contributed by atoms with Crippen LogP contribution in [0.5, 0.6) is 0 Å². The summed E-state index contributed by atoms with van der Waals surface area (Å²) in [6, 6.07) is 8.34. The molecule has 17 heavy (non-hydrogen) atoms. The van der Waals surface area contributed by atoms with Gasteiger partial charge in [-0.3, -0.25) is 0 Å². The van der Waals surface area contributed by atoms with Crippen molar-refractivity contribution in [2.45, 2.75) is 52.1 Å². The Morgan fingerprint density at radius 2 is 2.06 bits per heavy atom. The number of aliphatic hydroxyl groups excluding tert-OH is 1. The molecule has 1 aromatic carbocycles. The molecule has 3 atom stereocenters. The topological polar surface area (TPSA) is 20.2 Å². The molecule has 0 bridgehead atoms. The molecular formula is C16H24O. The zero-order valence-electron chi connectivity index (χ0n) is 11.0. The molecule has 0 heterocycles. The standard InChI is InChI=1S/C16H24O/c1-3-13-8-4-5-10-15(13)16(17)14-9-6-7-12(2)11-14/h6-7,9,11,13,15-17H,3-5,8,10H2,1-2H3. The molecule has 0 amide bonds. The fourth-order valence-electron chi connectivity index (χ4n) is 3.26. The van der Waals surface area contributed by atoms with E-state index in [1.807, 2.05) is 0 Å². The molecule has 1 aliphatic carbocycles. The van der Waals surface area contributed by atoms with E-state index in [1.54, 1.807) is 0 Å². The minimum atomic E-state index is -0.264. The molecule has 1 fully saturated rings. The second-order valence-electron chi connectivity index (χ2n) is 5.48. The van der Waals surface area contributed by atoms with Crippen molar-refractivity contribution >= 4 is 0 Å². The van der Waals surface area contributed by atoms with Gasteiger partial charge in [0.1, 0.15) is 0 Å². The Bertz CT molecular complexity index is 358. The minimum absolute atomic E-state index is 0.264. The van der Waals surface area contributed by atoms with Crippen molar-refractivity contribution in [1.82, 2.24) is 0 Å². The summed E-state index contributed by atoms with van der Waals surface area (Å²) in [5.74, 6) is 1.18. The summed E-state index contributed by atoms with van der Waals surface area (Å²) in [7, 11) is 0. The monoisotopic (exact) mass is 232 g/mol. The van der Waals surface area contributed by atoms with Crippen LogP contribution < -0.4 is 0 Å². The molecule has 0 aromatic heterocycles. The highest BCUT2D eigenvalue weighted by molar-refractivity contribution is 5.24. The molecule has 0 aliphatic heterocycles. The highest BCUT2D eigenvalue weighted by atomic mass is 16.3. The number of benzene rings is 1. The summed E-state index contributed by atoms with van der Waals surface area (Å²) in [6.07, 6.45) is 6.05. The van der Waals surface area contributed by atoms with Crippen molar-refractivity contribution in [3.8, 4) is 0 Å². The van der Waals surface area contributed by atoms with Crippen LogP contribution >= 0.6 is 0 Å². The van der Waals surface area contributed by atoms with E-state index in [2.05, 4.69) is 38.1 Å². The van der Waals surface area contributed by atoms with Gasteiger partial charge in [-0.25, -0.2) is 0 Å². The predicted molar refractivity (Wildman–Crippen MR) is 71.9 cm³/mol. The summed E-state index contributed by atoms with van der Waals surface area (Å²) in [6.45, 7) is 4.35. The van der Waals surface area contributed by atoms with E-state index in [0.717, 1.165) is 5.56 Å². The van der Waals surface area contributed by atoms with Crippen molar-refractivity contribution in [2.75, 3.05) is 0 Å². The summed E-state index contributed by atoms with van der Waals surface area (Å²) in [4.78, 5) is 0. The van der Waals surface area contributed by atoms with Gasteiger partial charge in [-0.2, -0.15) is 0 Å². The normalized spacial score (nSPS) is 26.8. The SMILES string of the molecule is CCC1CCCCC1C(O)c1cccc(C)c1. The predicted octanol–water partition coefficient (Wildman–Crippen LogP) is 4.24. The van der Waals surface area contributed by atoms with E-state index < -0.39 is 0 Å². The summed E-state index contributed by atoms with van der Waals surface area (Å²) in [5, 5.41) is 10.6. The Morgan fingerprint density at radius 3 is 2.76 bits per heavy atom. The van der Waals surface area contributed by atoms with Crippen molar-refractivity contribution in [3.63, 3.8) is 0 Å². The Balaban J connectivity index is 2.15. The van der Waals surface area contributed by atoms with Crippen molar-refractivity contribution in [3.05, 3.63) is 35.4 Å². The molecule has 0 radical (unpaired) electrons. The fraction of sp³-hybridized carbons (Fsp3) is 0.625. The van der Waals surface area contributed by atoms with Gasteiger partial charge >= 0.3 is 0 Å². The van der Waals surface area contributed by atoms with Crippen LogP contribution in [0.3, 0.4) is 0 Å². The first-order valence-electron chi connectivity index (χ1n) is 6.97. The maximum atomic E-state index is 10.6. The molecule has 0 saturated heterocycles. The Labute approximate surface area is 105 Å². The summed E-state index contributed by atoms with van der Waals surface area (Å²) in [5.41, 5.74) is 2.35. The van der Waals surface area contributed by atoms with Crippen LogP contribution in [0.25, 0.3) is 0 Å². The van der Waals surface area contributed by atoms with Gasteiger partial charge in [-0.05, 0) is 30.7 Å². The average molecular weight is 232 g/mol. The molecule has 0 spiro atoms. The minimum Gasteiger partial charge on any atom is -0.388 e. The van der Waals surface area contributed by atoms with E-state index in [4.69, 9.17) is 0 Å². The maximum Gasteiger partial charge on any atom is 0.0820 e. The Kier molecular flexibility index (Phi) is 4.22. The van der Waals surface area contributed by atoms with Crippen LogP contribution in [-0.2, 0) is 0 Å². The number of hydrogen-bond donors (Lipinski definition) is 1. The Morgan fingerprint density at radius 1 is 1.29 bits per heavy atom. The molecule has 1 N–H and O–H groups in total. The second-order valence-corrected chi connectivity index (χ2v) is 5.48. The van der Waals surface area contributed by atoms with Crippen LogP contribution in [0.2, 0.25) is 0 Å². The smallest absolute Gasteiger partial charge is 0.0820 e.